The molecule has 0 aliphatic carbocycles. The van der Waals surface area contributed by atoms with Gasteiger partial charge in [-0.25, -0.2) is 13.1 Å². The summed E-state index contributed by atoms with van der Waals surface area (Å²) in [5, 5.41) is 3.04. The predicted octanol–water partition coefficient (Wildman–Crippen LogP) is 3.06. The third-order valence-electron chi connectivity index (χ3n) is 3.98. The van der Waals surface area contributed by atoms with Crippen LogP contribution < -0.4 is 19.5 Å². The summed E-state index contributed by atoms with van der Waals surface area (Å²) in [6, 6.07) is 9.38. The molecule has 0 unspecified atom stereocenters. The number of ether oxygens (including phenoxy) is 2. The molecule has 0 bridgehead atoms. The van der Waals surface area contributed by atoms with Crippen LogP contribution in [0.1, 0.15) is 12.0 Å². The van der Waals surface area contributed by atoms with Gasteiger partial charge in [0.15, 0.2) is 11.5 Å². The summed E-state index contributed by atoms with van der Waals surface area (Å²) < 4.78 is 36.8. The van der Waals surface area contributed by atoms with Gasteiger partial charge >= 0.3 is 0 Å². The molecule has 1 aliphatic rings. The largest absolute Gasteiger partial charge is 0.490 e. The molecule has 2 N–H and O–H groups in total. The van der Waals surface area contributed by atoms with Crippen LogP contribution in [0, 0.1) is 0 Å². The summed E-state index contributed by atoms with van der Waals surface area (Å²) in [5.74, 6) is 0.693. The highest BCUT2D eigenvalue weighted by Gasteiger charge is 2.15. The van der Waals surface area contributed by atoms with Gasteiger partial charge in [-0.3, -0.25) is 4.79 Å². The molecule has 1 heterocycles. The predicted molar refractivity (Wildman–Crippen MR) is 107 cm³/mol. The number of carbonyl (C=O) groups is 1. The smallest absolute Gasteiger partial charge is 0.248 e. The summed E-state index contributed by atoms with van der Waals surface area (Å²) in [6.07, 6.45) is 3.67. The Bertz CT molecular complexity index is 1000. The Morgan fingerprint density at radius 3 is 2.39 bits per heavy atom. The molecule has 28 heavy (non-hydrogen) atoms. The molecule has 2 aromatic carbocycles. The normalized spacial score (nSPS) is 13.9. The van der Waals surface area contributed by atoms with Crippen molar-refractivity contribution in [2.45, 2.75) is 11.3 Å². The molecule has 0 saturated heterocycles. The molecular formula is C19H19ClN2O5S. The lowest BCUT2D eigenvalue weighted by atomic mass is 10.2. The van der Waals surface area contributed by atoms with E-state index in [0.717, 1.165) is 6.42 Å². The first-order valence-corrected chi connectivity index (χ1v) is 10.4. The first-order chi connectivity index (χ1) is 13.4. The minimum Gasteiger partial charge on any atom is -0.490 e. The van der Waals surface area contributed by atoms with Crippen LogP contribution >= 0.6 is 11.6 Å². The summed E-state index contributed by atoms with van der Waals surface area (Å²) in [4.78, 5) is 12.4. The monoisotopic (exact) mass is 422 g/mol. The van der Waals surface area contributed by atoms with Gasteiger partial charge in [-0.1, -0.05) is 23.7 Å². The van der Waals surface area contributed by atoms with E-state index < -0.39 is 10.0 Å². The van der Waals surface area contributed by atoms with Gasteiger partial charge in [0, 0.05) is 24.6 Å². The Hall–Kier alpha value is -2.55. The van der Waals surface area contributed by atoms with Gasteiger partial charge in [-0.15, -0.1) is 0 Å². The fraction of sp³-hybridized carbons (Fsp3) is 0.211. The number of anilines is 1. The van der Waals surface area contributed by atoms with Crippen LogP contribution in [0.25, 0.3) is 6.08 Å². The van der Waals surface area contributed by atoms with Gasteiger partial charge in [0.2, 0.25) is 15.9 Å². The Morgan fingerprint density at radius 2 is 1.75 bits per heavy atom. The fourth-order valence-electron chi connectivity index (χ4n) is 2.50. The van der Waals surface area contributed by atoms with Crippen molar-refractivity contribution in [1.82, 2.24) is 4.72 Å². The maximum atomic E-state index is 12.2. The maximum absolute atomic E-state index is 12.2. The average molecular weight is 423 g/mol. The topological polar surface area (TPSA) is 93.7 Å². The molecule has 2 aromatic rings. The van der Waals surface area contributed by atoms with E-state index in [4.69, 9.17) is 21.1 Å². The molecule has 0 aromatic heterocycles. The molecule has 1 aliphatic heterocycles. The number of benzene rings is 2. The summed E-state index contributed by atoms with van der Waals surface area (Å²) in [6.45, 7) is 1.08. The quantitative estimate of drug-likeness (QED) is 0.722. The van der Waals surface area contributed by atoms with Crippen LogP contribution in [0.3, 0.4) is 0 Å². The Balaban J connectivity index is 1.69. The molecule has 9 heteroatoms. The molecule has 0 spiro atoms. The molecule has 0 saturated carbocycles. The van der Waals surface area contributed by atoms with Gasteiger partial charge in [-0.2, -0.15) is 0 Å². The molecule has 1 amide bonds. The van der Waals surface area contributed by atoms with Crippen molar-refractivity contribution < 1.29 is 22.7 Å². The van der Waals surface area contributed by atoms with Crippen LogP contribution in [0.2, 0.25) is 5.02 Å². The second-order valence-corrected chi connectivity index (χ2v) is 8.22. The van der Waals surface area contributed by atoms with E-state index in [1.54, 1.807) is 30.3 Å². The highest BCUT2D eigenvalue weighted by atomic mass is 35.5. The van der Waals surface area contributed by atoms with Crippen molar-refractivity contribution in [3.8, 4) is 11.5 Å². The van der Waals surface area contributed by atoms with E-state index in [9.17, 15) is 13.2 Å². The van der Waals surface area contributed by atoms with Crippen molar-refractivity contribution in [2.75, 3.05) is 25.6 Å². The van der Waals surface area contributed by atoms with E-state index in [-0.39, 0.29) is 10.8 Å². The molecular weight excluding hydrogens is 404 g/mol. The molecule has 148 valence electrons. The van der Waals surface area contributed by atoms with Crippen LogP contribution in [-0.4, -0.2) is 34.6 Å². The number of sulfonamides is 1. The van der Waals surface area contributed by atoms with Crippen LogP contribution in [-0.2, 0) is 14.8 Å². The highest BCUT2D eigenvalue weighted by Crippen LogP contribution is 2.37. The maximum Gasteiger partial charge on any atom is 0.248 e. The van der Waals surface area contributed by atoms with Crippen molar-refractivity contribution in [3.63, 3.8) is 0 Å². The molecule has 0 radical (unpaired) electrons. The first-order valence-electron chi connectivity index (χ1n) is 8.51. The van der Waals surface area contributed by atoms with E-state index in [0.29, 0.717) is 41.0 Å². The van der Waals surface area contributed by atoms with Crippen LogP contribution in [0.5, 0.6) is 11.5 Å². The van der Waals surface area contributed by atoms with E-state index in [2.05, 4.69) is 10.0 Å². The fourth-order valence-corrected chi connectivity index (χ4v) is 3.43. The zero-order chi connectivity index (χ0) is 20.1. The summed E-state index contributed by atoms with van der Waals surface area (Å²) in [5.41, 5.74) is 1.09. The van der Waals surface area contributed by atoms with E-state index in [1.165, 1.54) is 25.3 Å². The van der Waals surface area contributed by atoms with Gasteiger partial charge in [0.25, 0.3) is 0 Å². The van der Waals surface area contributed by atoms with Crippen molar-refractivity contribution in [2.24, 2.45) is 0 Å². The van der Waals surface area contributed by atoms with Gasteiger partial charge in [-0.05, 0) is 30.8 Å². The molecule has 7 nitrogen and oxygen atoms in total. The number of rotatable bonds is 5. The Labute approximate surface area is 168 Å². The SMILES string of the molecule is CNS(=O)(=O)c1ccc(/C=C/C(=O)Nc2cc3c(cc2Cl)OCCCO3)cc1. The van der Waals surface area contributed by atoms with Crippen molar-refractivity contribution >= 4 is 39.3 Å². The first kappa shape index (κ1) is 20.2. The lowest BCUT2D eigenvalue weighted by Gasteiger charge is -2.11. The number of hydrogen-bond acceptors (Lipinski definition) is 5. The van der Waals surface area contributed by atoms with Gasteiger partial charge in [0.05, 0.1) is 28.8 Å². The number of halogens is 1. The second kappa shape index (κ2) is 8.64. The zero-order valence-corrected chi connectivity index (χ0v) is 16.6. The Kier molecular flexibility index (Phi) is 6.23. The standard InChI is InChI=1S/C19H19ClN2O5S/c1-21-28(24,25)14-6-3-13(4-7-14)5-8-19(23)22-16-12-18-17(11-15(16)20)26-9-2-10-27-18/h3-8,11-12,21H,2,9-10H2,1H3,(H,22,23)/b8-5+. The number of fused-ring (bicyclic) bond motifs is 1. The zero-order valence-electron chi connectivity index (χ0n) is 15.1. The summed E-state index contributed by atoms with van der Waals surface area (Å²) in [7, 11) is -2.15. The number of amides is 1. The second-order valence-electron chi connectivity index (χ2n) is 5.93. The minimum absolute atomic E-state index is 0.149. The lowest BCUT2D eigenvalue weighted by molar-refractivity contribution is -0.111. The third kappa shape index (κ3) is 4.83. The van der Waals surface area contributed by atoms with Crippen LogP contribution in [0.15, 0.2) is 47.4 Å². The lowest BCUT2D eigenvalue weighted by Crippen LogP contribution is -2.18. The highest BCUT2D eigenvalue weighted by molar-refractivity contribution is 7.89. The number of nitrogens with one attached hydrogen (secondary N) is 2. The molecule has 3 rings (SSSR count). The minimum atomic E-state index is -3.49. The van der Waals surface area contributed by atoms with E-state index >= 15 is 0 Å². The third-order valence-corrected chi connectivity index (χ3v) is 5.72. The Morgan fingerprint density at radius 1 is 1.11 bits per heavy atom. The van der Waals surface area contributed by atoms with Crippen LogP contribution in [0.4, 0.5) is 5.69 Å². The van der Waals surface area contributed by atoms with Crippen molar-refractivity contribution in [3.05, 3.63) is 53.1 Å². The number of carbonyl (C=O) groups excluding carboxylic acids is 1. The van der Waals surface area contributed by atoms with Gasteiger partial charge < -0.3 is 14.8 Å². The summed E-state index contributed by atoms with van der Waals surface area (Å²) >= 11 is 6.21. The van der Waals surface area contributed by atoms with Crippen molar-refractivity contribution in [1.29, 1.82) is 0 Å². The molecule has 0 fully saturated rings. The number of hydrogen-bond donors (Lipinski definition) is 2. The van der Waals surface area contributed by atoms with E-state index in [1.807, 2.05) is 0 Å². The van der Waals surface area contributed by atoms with Gasteiger partial charge in [0.1, 0.15) is 0 Å². The average Bonchev–Trinajstić information content (AvgIpc) is 2.92. The molecule has 0 atom stereocenters.